The lowest BCUT2D eigenvalue weighted by Crippen LogP contribution is -2.24. The van der Waals surface area contributed by atoms with E-state index in [1.54, 1.807) is 11.8 Å². The highest BCUT2D eigenvalue weighted by Crippen LogP contribution is 2.27. The average Bonchev–Trinajstić information content (AvgIpc) is 2.64. The van der Waals surface area contributed by atoms with Crippen LogP contribution in [0.4, 0.5) is 10.5 Å². The Balaban J connectivity index is 2.38. The second-order valence-electron chi connectivity index (χ2n) is 3.50. The Hall–Kier alpha value is -1.55. The summed E-state index contributed by atoms with van der Waals surface area (Å²) in [6.45, 7) is 2.63. The number of nitrogens with zero attached hydrogens (tertiary/aromatic N) is 1. The number of rotatable bonds is 2. The Bertz CT molecular complexity index is 376. The van der Waals surface area contributed by atoms with Crippen molar-refractivity contribution in [3.05, 3.63) is 29.8 Å². The van der Waals surface area contributed by atoms with E-state index in [4.69, 9.17) is 4.74 Å². The Morgan fingerprint density at radius 2 is 2.20 bits per heavy atom. The summed E-state index contributed by atoms with van der Waals surface area (Å²) < 4.78 is 4.86. The number of amides is 1. The number of cyclic esters (lactones) is 1. The molecule has 1 amide bonds. The van der Waals surface area contributed by atoms with Crippen molar-refractivity contribution in [1.82, 2.24) is 0 Å². The third-order valence-electron chi connectivity index (χ3n) is 2.44. The van der Waals surface area contributed by atoms with Crippen LogP contribution in [0.5, 0.6) is 0 Å². The summed E-state index contributed by atoms with van der Waals surface area (Å²) in [5.74, 6) is 0. The number of carbonyl (C=O) groups excluding carboxylic acids is 1. The lowest BCUT2D eigenvalue weighted by atomic mass is 10.1. The largest absolute Gasteiger partial charge is 0.447 e. The standard InChI is InChI=1S/C11H13NO3/c1-8(13)9-4-2-3-5-10(9)12-6-7-15-11(12)14/h2-5,8,13H,6-7H2,1H3. The molecule has 1 aliphatic rings. The minimum atomic E-state index is -0.588. The van der Waals surface area contributed by atoms with Gasteiger partial charge in [0.2, 0.25) is 0 Å². The number of aliphatic hydroxyl groups excluding tert-OH is 1. The molecule has 1 fully saturated rings. The van der Waals surface area contributed by atoms with Gasteiger partial charge >= 0.3 is 6.09 Å². The van der Waals surface area contributed by atoms with Crippen LogP contribution in [0.3, 0.4) is 0 Å². The zero-order valence-corrected chi connectivity index (χ0v) is 8.51. The number of hydrogen-bond acceptors (Lipinski definition) is 3. The normalized spacial score (nSPS) is 17.7. The fourth-order valence-electron chi connectivity index (χ4n) is 1.70. The molecule has 15 heavy (non-hydrogen) atoms. The van der Waals surface area contributed by atoms with Crippen LogP contribution in [0, 0.1) is 0 Å². The van der Waals surface area contributed by atoms with Gasteiger partial charge in [0, 0.05) is 5.56 Å². The van der Waals surface area contributed by atoms with Crippen LogP contribution < -0.4 is 4.90 Å². The zero-order chi connectivity index (χ0) is 10.8. The van der Waals surface area contributed by atoms with Crippen molar-refractivity contribution >= 4 is 11.8 Å². The van der Waals surface area contributed by atoms with E-state index < -0.39 is 6.10 Å². The van der Waals surface area contributed by atoms with Crippen LogP contribution >= 0.6 is 0 Å². The van der Waals surface area contributed by atoms with E-state index in [1.807, 2.05) is 24.3 Å². The summed E-state index contributed by atoms with van der Waals surface area (Å²) in [4.78, 5) is 12.9. The summed E-state index contributed by atoms with van der Waals surface area (Å²) in [6.07, 6.45) is -0.933. The van der Waals surface area contributed by atoms with Crippen LogP contribution in [0.15, 0.2) is 24.3 Å². The van der Waals surface area contributed by atoms with Gasteiger partial charge < -0.3 is 9.84 Å². The minimum Gasteiger partial charge on any atom is -0.447 e. The van der Waals surface area contributed by atoms with Crippen molar-refractivity contribution in [2.75, 3.05) is 18.1 Å². The van der Waals surface area contributed by atoms with E-state index >= 15 is 0 Å². The minimum absolute atomic E-state index is 0.344. The molecule has 4 heteroatoms. The Morgan fingerprint density at radius 3 is 2.80 bits per heavy atom. The van der Waals surface area contributed by atoms with Crippen LogP contribution in [-0.2, 0) is 4.74 Å². The number of anilines is 1. The molecule has 1 aliphatic heterocycles. The van der Waals surface area contributed by atoms with Crippen molar-refractivity contribution in [1.29, 1.82) is 0 Å². The number of carbonyl (C=O) groups is 1. The molecular formula is C11H13NO3. The molecule has 1 aromatic carbocycles. The van der Waals surface area contributed by atoms with Crippen molar-refractivity contribution < 1.29 is 14.6 Å². The molecule has 0 radical (unpaired) electrons. The molecule has 1 saturated heterocycles. The molecule has 2 rings (SSSR count). The van der Waals surface area contributed by atoms with E-state index in [9.17, 15) is 9.90 Å². The van der Waals surface area contributed by atoms with Crippen LogP contribution in [0.1, 0.15) is 18.6 Å². The number of ether oxygens (including phenoxy) is 1. The molecule has 1 atom stereocenters. The quantitative estimate of drug-likeness (QED) is 0.802. The van der Waals surface area contributed by atoms with Gasteiger partial charge in [0.25, 0.3) is 0 Å². The topological polar surface area (TPSA) is 49.8 Å². The Labute approximate surface area is 88.1 Å². The summed E-state index contributed by atoms with van der Waals surface area (Å²) in [5, 5.41) is 9.57. The average molecular weight is 207 g/mol. The van der Waals surface area contributed by atoms with E-state index in [1.165, 1.54) is 0 Å². The summed E-state index contributed by atoms with van der Waals surface area (Å²) in [7, 11) is 0. The van der Waals surface area contributed by atoms with Gasteiger partial charge in [-0.2, -0.15) is 0 Å². The van der Waals surface area contributed by atoms with E-state index in [0.717, 1.165) is 11.3 Å². The van der Waals surface area contributed by atoms with E-state index in [2.05, 4.69) is 0 Å². The van der Waals surface area contributed by atoms with Gasteiger partial charge in [-0.05, 0) is 13.0 Å². The van der Waals surface area contributed by atoms with E-state index in [-0.39, 0.29) is 6.09 Å². The van der Waals surface area contributed by atoms with Crippen LogP contribution in [0.25, 0.3) is 0 Å². The van der Waals surface area contributed by atoms with Gasteiger partial charge in [0.15, 0.2) is 0 Å². The highest BCUT2D eigenvalue weighted by atomic mass is 16.6. The number of aliphatic hydroxyl groups is 1. The van der Waals surface area contributed by atoms with Gasteiger partial charge in [-0.25, -0.2) is 4.79 Å². The Morgan fingerprint density at radius 1 is 1.47 bits per heavy atom. The van der Waals surface area contributed by atoms with Crippen molar-refractivity contribution in [2.24, 2.45) is 0 Å². The summed E-state index contributed by atoms with van der Waals surface area (Å²) in [5.41, 5.74) is 1.48. The molecule has 80 valence electrons. The SMILES string of the molecule is CC(O)c1ccccc1N1CCOC1=O. The predicted molar refractivity (Wildman–Crippen MR) is 55.8 cm³/mol. The van der Waals surface area contributed by atoms with Gasteiger partial charge in [-0.15, -0.1) is 0 Å². The van der Waals surface area contributed by atoms with Crippen LogP contribution in [0.2, 0.25) is 0 Å². The van der Waals surface area contributed by atoms with Crippen LogP contribution in [-0.4, -0.2) is 24.4 Å². The molecule has 1 aromatic rings. The fourth-order valence-corrected chi connectivity index (χ4v) is 1.70. The maximum atomic E-state index is 11.4. The molecule has 1 unspecified atom stereocenters. The van der Waals surface area contributed by atoms with Gasteiger partial charge in [-0.3, -0.25) is 4.90 Å². The second kappa shape index (κ2) is 3.90. The van der Waals surface area contributed by atoms with E-state index in [0.29, 0.717) is 13.2 Å². The third-order valence-corrected chi connectivity index (χ3v) is 2.44. The maximum absolute atomic E-state index is 11.4. The first kappa shape index (κ1) is 9.98. The van der Waals surface area contributed by atoms with Crippen molar-refractivity contribution in [3.8, 4) is 0 Å². The van der Waals surface area contributed by atoms with Gasteiger partial charge in [0.05, 0.1) is 18.3 Å². The highest BCUT2D eigenvalue weighted by molar-refractivity contribution is 5.90. The van der Waals surface area contributed by atoms with Gasteiger partial charge in [0.1, 0.15) is 6.61 Å². The first-order chi connectivity index (χ1) is 7.20. The molecular weight excluding hydrogens is 194 g/mol. The number of benzene rings is 1. The maximum Gasteiger partial charge on any atom is 0.414 e. The summed E-state index contributed by atoms with van der Waals surface area (Å²) >= 11 is 0. The molecule has 0 aliphatic carbocycles. The zero-order valence-electron chi connectivity index (χ0n) is 8.51. The smallest absolute Gasteiger partial charge is 0.414 e. The number of hydrogen-bond donors (Lipinski definition) is 1. The lowest BCUT2D eigenvalue weighted by Gasteiger charge is -2.18. The molecule has 1 N–H and O–H groups in total. The highest BCUT2D eigenvalue weighted by Gasteiger charge is 2.26. The van der Waals surface area contributed by atoms with Crippen molar-refractivity contribution in [3.63, 3.8) is 0 Å². The third kappa shape index (κ3) is 1.80. The first-order valence-electron chi connectivity index (χ1n) is 4.91. The van der Waals surface area contributed by atoms with Gasteiger partial charge in [-0.1, -0.05) is 18.2 Å². The molecule has 0 bridgehead atoms. The molecule has 0 spiro atoms. The van der Waals surface area contributed by atoms with Crippen molar-refractivity contribution in [2.45, 2.75) is 13.0 Å². The lowest BCUT2D eigenvalue weighted by molar-refractivity contribution is 0.180. The predicted octanol–water partition coefficient (Wildman–Crippen LogP) is 1.70. The molecule has 1 heterocycles. The first-order valence-corrected chi connectivity index (χ1v) is 4.91. The monoisotopic (exact) mass is 207 g/mol. The Kier molecular flexibility index (Phi) is 2.60. The summed E-state index contributed by atoms with van der Waals surface area (Å²) in [6, 6.07) is 7.31. The number of para-hydroxylation sites is 1. The molecule has 0 saturated carbocycles. The second-order valence-corrected chi connectivity index (χ2v) is 3.50. The molecule has 0 aromatic heterocycles. The fraction of sp³-hybridized carbons (Fsp3) is 0.364. The molecule has 4 nitrogen and oxygen atoms in total.